The maximum atomic E-state index is 8.21. The van der Waals surface area contributed by atoms with Crippen molar-refractivity contribution in [3.8, 4) is 0 Å². The Bertz CT molecular complexity index is 75.3. The minimum absolute atomic E-state index is 0.155. The lowest BCUT2D eigenvalue weighted by atomic mass is 10.3. The molecule has 0 heterocycles. The van der Waals surface area contributed by atoms with E-state index in [0.717, 1.165) is 0 Å². The number of aliphatic hydroxyl groups excluding tert-OH is 1. The molecule has 0 radical (unpaired) electrons. The Hall–Kier alpha value is -0.190. The molecule has 3 nitrogen and oxygen atoms in total. The standard InChI is InChI=1S/C3H8N2OS/c4-2(1-6)3(5)7/h2,6H,1,4H2,(H2,5,7). The highest BCUT2D eigenvalue weighted by Gasteiger charge is 1.99. The van der Waals surface area contributed by atoms with E-state index in [4.69, 9.17) is 16.6 Å². The van der Waals surface area contributed by atoms with E-state index in [2.05, 4.69) is 12.2 Å². The largest absolute Gasteiger partial charge is 0.394 e. The molecule has 0 amide bonds. The number of hydrogen-bond acceptors (Lipinski definition) is 3. The van der Waals surface area contributed by atoms with Crippen LogP contribution in [0.15, 0.2) is 0 Å². The van der Waals surface area contributed by atoms with Gasteiger partial charge in [-0.3, -0.25) is 0 Å². The van der Waals surface area contributed by atoms with E-state index in [1.165, 1.54) is 0 Å². The number of nitrogens with two attached hydrogens (primary N) is 2. The molecule has 0 saturated heterocycles. The van der Waals surface area contributed by atoms with Crippen molar-refractivity contribution in [3.05, 3.63) is 0 Å². The summed E-state index contributed by atoms with van der Waals surface area (Å²) in [6, 6.07) is -0.532. The van der Waals surface area contributed by atoms with Gasteiger partial charge in [-0.2, -0.15) is 0 Å². The summed E-state index contributed by atoms with van der Waals surface area (Å²) in [6.07, 6.45) is 0. The summed E-state index contributed by atoms with van der Waals surface area (Å²) in [6.45, 7) is -0.171. The van der Waals surface area contributed by atoms with Crippen molar-refractivity contribution in [2.45, 2.75) is 6.04 Å². The normalized spacial score (nSPS) is 13.4. The Kier molecular flexibility index (Phi) is 2.82. The summed E-state index contributed by atoms with van der Waals surface area (Å²) < 4.78 is 0. The van der Waals surface area contributed by atoms with Crippen molar-refractivity contribution in [1.29, 1.82) is 0 Å². The summed E-state index contributed by atoms with van der Waals surface area (Å²) in [5, 5.41) is 8.21. The first-order chi connectivity index (χ1) is 3.18. The van der Waals surface area contributed by atoms with Crippen LogP contribution < -0.4 is 11.5 Å². The molecule has 0 aromatic rings. The lowest BCUT2D eigenvalue weighted by molar-refractivity contribution is 0.290. The number of thiocarbonyl (C=S) groups is 1. The molecule has 0 bridgehead atoms. The second kappa shape index (κ2) is 2.90. The van der Waals surface area contributed by atoms with Crippen LogP contribution in [0.1, 0.15) is 0 Å². The van der Waals surface area contributed by atoms with Gasteiger partial charge in [0.25, 0.3) is 0 Å². The van der Waals surface area contributed by atoms with Crippen LogP contribution in [-0.2, 0) is 0 Å². The summed E-state index contributed by atoms with van der Waals surface area (Å²) in [5.41, 5.74) is 10.1. The van der Waals surface area contributed by atoms with Crippen molar-refractivity contribution in [2.24, 2.45) is 11.5 Å². The highest BCUT2D eigenvalue weighted by Crippen LogP contribution is 1.72. The number of hydrogen-bond donors (Lipinski definition) is 3. The van der Waals surface area contributed by atoms with Gasteiger partial charge in [-0.1, -0.05) is 12.2 Å². The van der Waals surface area contributed by atoms with Crippen molar-refractivity contribution in [1.82, 2.24) is 0 Å². The minimum atomic E-state index is -0.532. The summed E-state index contributed by atoms with van der Waals surface area (Å²) in [5.74, 6) is 0. The zero-order valence-corrected chi connectivity index (χ0v) is 4.61. The zero-order chi connectivity index (χ0) is 5.86. The third-order valence-electron chi connectivity index (χ3n) is 0.562. The highest BCUT2D eigenvalue weighted by atomic mass is 32.1. The molecule has 7 heavy (non-hydrogen) atoms. The van der Waals surface area contributed by atoms with Crippen molar-refractivity contribution in [2.75, 3.05) is 6.61 Å². The molecule has 0 aromatic heterocycles. The van der Waals surface area contributed by atoms with Gasteiger partial charge in [0.15, 0.2) is 0 Å². The predicted octanol–water partition coefficient (Wildman–Crippen LogP) is -1.41. The molecule has 0 rings (SSSR count). The number of aliphatic hydroxyl groups is 1. The van der Waals surface area contributed by atoms with E-state index in [-0.39, 0.29) is 11.6 Å². The van der Waals surface area contributed by atoms with E-state index < -0.39 is 6.04 Å². The van der Waals surface area contributed by atoms with Gasteiger partial charge in [-0.25, -0.2) is 0 Å². The van der Waals surface area contributed by atoms with E-state index in [1.54, 1.807) is 0 Å². The van der Waals surface area contributed by atoms with Crippen LogP contribution >= 0.6 is 12.2 Å². The van der Waals surface area contributed by atoms with Gasteiger partial charge >= 0.3 is 0 Å². The zero-order valence-electron chi connectivity index (χ0n) is 3.79. The fourth-order valence-corrected chi connectivity index (χ4v) is 0.165. The monoisotopic (exact) mass is 120 g/mol. The first kappa shape index (κ1) is 6.81. The topological polar surface area (TPSA) is 72.3 Å². The first-order valence-corrected chi connectivity index (χ1v) is 2.25. The Labute approximate surface area is 47.3 Å². The van der Waals surface area contributed by atoms with E-state index >= 15 is 0 Å². The average Bonchev–Trinajstić information content (AvgIpc) is 1.65. The molecular weight excluding hydrogens is 112 g/mol. The third-order valence-corrected chi connectivity index (χ3v) is 0.865. The molecule has 1 atom stereocenters. The van der Waals surface area contributed by atoms with Crippen LogP contribution in [0, 0.1) is 0 Å². The van der Waals surface area contributed by atoms with Crippen LogP contribution in [0.5, 0.6) is 0 Å². The number of rotatable bonds is 2. The highest BCUT2D eigenvalue weighted by molar-refractivity contribution is 7.80. The lowest BCUT2D eigenvalue weighted by Crippen LogP contribution is -2.37. The molecule has 5 N–H and O–H groups in total. The molecule has 0 spiro atoms. The third kappa shape index (κ3) is 2.50. The Morgan fingerprint density at radius 1 is 1.86 bits per heavy atom. The van der Waals surface area contributed by atoms with Gasteiger partial charge in [0.1, 0.15) is 0 Å². The van der Waals surface area contributed by atoms with Crippen LogP contribution in [-0.4, -0.2) is 22.7 Å². The van der Waals surface area contributed by atoms with Crippen LogP contribution in [0.25, 0.3) is 0 Å². The lowest BCUT2D eigenvalue weighted by Gasteiger charge is -2.01. The smallest absolute Gasteiger partial charge is 0.0921 e. The minimum Gasteiger partial charge on any atom is -0.394 e. The van der Waals surface area contributed by atoms with Gasteiger partial charge in [0.2, 0.25) is 0 Å². The quantitative estimate of drug-likeness (QED) is 0.392. The molecule has 0 aromatic carbocycles. The van der Waals surface area contributed by atoms with Gasteiger partial charge in [-0.15, -0.1) is 0 Å². The molecule has 4 heteroatoms. The molecule has 0 aliphatic heterocycles. The second-order valence-corrected chi connectivity index (χ2v) is 1.66. The van der Waals surface area contributed by atoms with Crippen LogP contribution in [0.4, 0.5) is 0 Å². The molecule has 0 aliphatic rings. The van der Waals surface area contributed by atoms with Gasteiger partial charge in [0.05, 0.1) is 17.6 Å². The Morgan fingerprint density at radius 3 is 2.29 bits per heavy atom. The van der Waals surface area contributed by atoms with Crippen molar-refractivity contribution >= 4 is 17.2 Å². The first-order valence-electron chi connectivity index (χ1n) is 1.84. The van der Waals surface area contributed by atoms with Gasteiger partial charge in [-0.05, 0) is 0 Å². The molecule has 0 saturated carbocycles. The van der Waals surface area contributed by atoms with E-state index in [0.29, 0.717) is 0 Å². The summed E-state index contributed by atoms with van der Waals surface area (Å²) in [4.78, 5) is 0.155. The predicted molar refractivity (Wildman–Crippen MR) is 31.8 cm³/mol. The fourth-order valence-electron chi connectivity index (χ4n) is 0.0900. The van der Waals surface area contributed by atoms with Crippen molar-refractivity contribution < 1.29 is 5.11 Å². The van der Waals surface area contributed by atoms with E-state index in [9.17, 15) is 0 Å². The Balaban J connectivity index is 3.34. The van der Waals surface area contributed by atoms with E-state index in [1.807, 2.05) is 0 Å². The van der Waals surface area contributed by atoms with Gasteiger partial charge in [0, 0.05) is 0 Å². The summed E-state index contributed by atoms with van der Waals surface area (Å²) in [7, 11) is 0. The molecule has 1 unspecified atom stereocenters. The average molecular weight is 120 g/mol. The van der Waals surface area contributed by atoms with Crippen molar-refractivity contribution in [3.63, 3.8) is 0 Å². The Morgan fingerprint density at radius 2 is 2.29 bits per heavy atom. The maximum Gasteiger partial charge on any atom is 0.0921 e. The maximum absolute atomic E-state index is 8.21. The van der Waals surface area contributed by atoms with Gasteiger partial charge < -0.3 is 16.6 Å². The fraction of sp³-hybridized carbons (Fsp3) is 0.667. The molecule has 0 fully saturated rings. The molecule has 0 aliphatic carbocycles. The SMILES string of the molecule is NC(=S)C(N)CO. The molecule has 42 valence electrons. The molecular formula is C3H8N2OS. The summed E-state index contributed by atoms with van der Waals surface area (Å²) >= 11 is 4.41. The van der Waals surface area contributed by atoms with Crippen LogP contribution in [0.3, 0.4) is 0 Å². The second-order valence-electron chi connectivity index (χ2n) is 1.19. The van der Waals surface area contributed by atoms with Crippen LogP contribution in [0.2, 0.25) is 0 Å².